The van der Waals surface area contributed by atoms with E-state index in [9.17, 15) is 0 Å². The molecular weight excluding hydrogens is 611 g/mol. The third-order valence-electron chi connectivity index (χ3n) is 9.65. The lowest BCUT2D eigenvalue weighted by atomic mass is 9.92. The molecule has 2 unspecified atom stereocenters. The van der Waals surface area contributed by atoms with Crippen LogP contribution in [-0.4, -0.2) is 16.5 Å². The van der Waals surface area contributed by atoms with E-state index in [0.717, 1.165) is 80.1 Å². The zero-order valence-electron chi connectivity index (χ0n) is 27.5. The quantitative estimate of drug-likeness (QED) is 0.189. The number of fused-ring (bicyclic) bond motifs is 3. The molecule has 2 aliphatic rings. The molecule has 5 heteroatoms. The molecule has 6 aromatic carbocycles. The Bertz CT molecular complexity index is 2370. The Labute approximate surface area is 292 Å². The van der Waals surface area contributed by atoms with Crippen LogP contribution in [0.2, 0.25) is 0 Å². The summed E-state index contributed by atoms with van der Waals surface area (Å²) < 4.78 is 0. The summed E-state index contributed by atoms with van der Waals surface area (Å²) in [6.07, 6.45) is 1.48. The van der Waals surface area contributed by atoms with Crippen LogP contribution in [0.25, 0.3) is 33.3 Å². The van der Waals surface area contributed by atoms with E-state index in [1.165, 1.54) is 11.1 Å². The molecule has 2 N–H and O–H groups in total. The molecule has 0 aliphatic carbocycles. The van der Waals surface area contributed by atoms with Crippen LogP contribution in [0.5, 0.6) is 0 Å². The van der Waals surface area contributed by atoms with E-state index in [1.807, 2.05) is 18.2 Å². The third kappa shape index (κ3) is 5.78. The second-order valence-corrected chi connectivity index (χ2v) is 12.8. The normalized spacial score (nSPS) is 17.0. The van der Waals surface area contributed by atoms with E-state index >= 15 is 0 Å². The molecule has 0 fully saturated rings. The maximum atomic E-state index is 5.32. The molecule has 0 amide bonds. The standard InChI is InChI=1S/C45H35N5/c1-5-14-30(15-6-1)39-27-25-32-24-26-37-38(29-40(31-16-7-2-8-17-31)47-42(37)41(32)46-39)35-22-13-23-36(28-35)45-49-43(33-18-9-3-10-19-33)48-44(50-45)34-20-11-4-12-21-34/h1-24,26,28-29,43,45,49H,25,27H2,(H,48,50). The molecule has 7 aromatic rings. The van der Waals surface area contributed by atoms with Crippen LogP contribution < -0.4 is 10.6 Å². The first-order chi connectivity index (χ1) is 24.8. The number of hydrogen-bond acceptors (Lipinski definition) is 5. The molecule has 0 saturated carbocycles. The lowest BCUT2D eigenvalue weighted by Gasteiger charge is -2.32. The Morgan fingerprint density at radius 1 is 0.540 bits per heavy atom. The Morgan fingerprint density at radius 3 is 1.92 bits per heavy atom. The fraction of sp³-hybridized carbons (Fsp3) is 0.0889. The smallest absolute Gasteiger partial charge is 0.131 e. The van der Waals surface area contributed by atoms with E-state index < -0.39 is 0 Å². The van der Waals surface area contributed by atoms with Crippen molar-refractivity contribution in [1.29, 1.82) is 0 Å². The van der Waals surface area contributed by atoms with Crippen molar-refractivity contribution in [2.75, 3.05) is 0 Å². The molecule has 0 saturated heterocycles. The summed E-state index contributed by atoms with van der Waals surface area (Å²) in [6, 6.07) is 57.3. The van der Waals surface area contributed by atoms with Gasteiger partial charge in [0.05, 0.1) is 16.9 Å². The largest absolute Gasteiger partial charge is 0.350 e. The van der Waals surface area contributed by atoms with E-state index in [-0.39, 0.29) is 12.3 Å². The van der Waals surface area contributed by atoms with Crippen molar-refractivity contribution in [2.45, 2.75) is 25.2 Å². The zero-order chi connectivity index (χ0) is 33.3. The number of aryl methyl sites for hydroxylation is 1. The molecule has 2 atom stereocenters. The molecular formula is C45H35N5. The maximum Gasteiger partial charge on any atom is 0.131 e. The van der Waals surface area contributed by atoms with Crippen LogP contribution in [0.4, 0.5) is 5.69 Å². The van der Waals surface area contributed by atoms with Crippen LogP contribution >= 0.6 is 0 Å². The van der Waals surface area contributed by atoms with Gasteiger partial charge in [-0.3, -0.25) is 10.3 Å². The summed E-state index contributed by atoms with van der Waals surface area (Å²) in [5.74, 6) is 0.869. The number of rotatable bonds is 6. The monoisotopic (exact) mass is 645 g/mol. The van der Waals surface area contributed by atoms with Crippen molar-refractivity contribution >= 4 is 28.1 Å². The van der Waals surface area contributed by atoms with Gasteiger partial charge in [-0.1, -0.05) is 152 Å². The van der Waals surface area contributed by atoms with Gasteiger partial charge in [-0.15, -0.1) is 0 Å². The van der Waals surface area contributed by atoms with Crippen LogP contribution in [0, 0.1) is 0 Å². The summed E-state index contributed by atoms with van der Waals surface area (Å²) in [5.41, 5.74) is 13.0. The van der Waals surface area contributed by atoms with Gasteiger partial charge in [0, 0.05) is 22.2 Å². The van der Waals surface area contributed by atoms with E-state index in [2.05, 4.69) is 156 Å². The Hall–Kier alpha value is -6.17. The first-order valence-corrected chi connectivity index (χ1v) is 17.2. The highest BCUT2D eigenvalue weighted by atomic mass is 15.3. The molecule has 1 aromatic heterocycles. The van der Waals surface area contributed by atoms with Crippen molar-refractivity contribution in [2.24, 2.45) is 9.98 Å². The second-order valence-electron chi connectivity index (χ2n) is 12.8. The topological polar surface area (TPSA) is 61.7 Å². The maximum absolute atomic E-state index is 5.32. The van der Waals surface area contributed by atoms with Gasteiger partial charge in [0.2, 0.25) is 0 Å². The van der Waals surface area contributed by atoms with Gasteiger partial charge in [0.15, 0.2) is 0 Å². The molecule has 3 heterocycles. The Morgan fingerprint density at radius 2 is 1.18 bits per heavy atom. The Kier molecular flexibility index (Phi) is 7.80. The minimum atomic E-state index is -0.260. The fourth-order valence-electron chi connectivity index (χ4n) is 7.09. The number of aliphatic imine (C=N–C) groups is 2. The predicted octanol–water partition coefficient (Wildman–Crippen LogP) is 9.97. The highest BCUT2D eigenvalue weighted by Crippen LogP contribution is 2.41. The second kappa shape index (κ2) is 13.0. The first-order valence-electron chi connectivity index (χ1n) is 17.2. The fourth-order valence-corrected chi connectivity index (χ4v) is 7.09. The van der Waals surface area contributed by atoms with E-state index in [4.69, 9.17) is 15.0 Å². The highest BCUT2D eigenvalue weighted by molar-refractivity contribution is 6.09. The summed E-state index contributed by atoms with van der Waals surface area (Å²) in [4.78, 5) is 15.8. The number of aromatic nitrogens is 1. The number of benzene rings is 6. The number of nitrogens with zero attached hydrogens (tertiary/aromatic N) is 3. The summed E-state index contributed by atoms with van der Waals surface area (Å²) in [7, 11) is 0. The van der Waals surface area contributed by atoms with Crippen molar-refractivity contribution in [3.8, 4) is 22.4 Å². The predicted molar refractivity (Wildman–Crippen MR) is 205 cm³/mol. The summed E-state index contributed by atoms with van der Waals surface area (Å²) in [5, 5.41) is 8.51. The number of hydrogen-bond donors (Lipinski definition) is 2. The summed E-state index contributed by atoms with van der Waals surface area (Å²) >= 11 is 0. The molecule has 9 rings (SSSR count). The van der Waals surface area contributed by atoms with Crippen LogP contribution in [0.1, 0.15) is 46.6 Å². The highest BCUT2D eigenvalue weighted by Gasteiger charge is 2.26. The summed E-state index contributed by atoms with van der Waals surface area (Å²) in [6.45, 7) is 0. The molecule has 0 spiro atoms. The van der Waals surface area contributed by atoms with Gasteiger partial charge in [0.1, 0.15) is 18.2 Å². The minimum Gasteiger partial charge on any atom is -0.350 e. The number of pyridine rings is 1. The van der Waals surface area contributed by atoms with E-state index in [1.54, 1.807) is 0 Å². The molecule has 0 bridgehead atoms. The molecule has 0 radical (unpaired) electrons. The minimum absolute atomic E-state index is 0.104. The van der Waals surface area contributed by atoms with Gasteiger partial charge in [-0.05, 0) is 58.4 Å². The van der Waals surface area contributed by atoms with Crippen LogP contribution in [0.3, 0.4) is 0 Å². The number of nitrogens with one attached hydrogen (secondary N) is 2. The average Bonchev–Trinajstić information content (AvgIpc) is 3.21. The van der Waals surface area contributed by atoms with Gasteiger partial charge >= 0.3 is 0 Å². The lowest BCUT2D eigenvalue weighted by Crippen LogP contribution is -2.44. The van der Waals surface area contributed by atoms with Crippen molar-refractivity contribution < 1.29 is 0 Å². The van der Waals surface area contributed by atoms with Crippen molar-refractivity contribution in [1.82, 2.24) is 15.6 Å². The zero-order valence-corrected chi connectivity index (χ0v) is 27.5. The van der Waals surface area contributed by atoms with E-state index in [0.29, 0.717) is 0 Å². The molecule has 240 valence electrons. The molecule has 2 aliphatic heterocycles. The van der Waals surface area contributed by atoms with Crippen LogP contribution in [0.15, 0.2) is 174 Å². The lowest BCUT2D eigenvalue weighted by molar-refractivity contribution is 0.409. The van der Waals surface area contributed by atoms with Crippen LogP contribution in [-0.2, 0) is 6.42 Å². The Balaban J connectivity index is 1.19. The number of amidine groups is 1. The first kappa shape index (κ1) is 29.9. The van der Waals surface area contributed by atoms with Gasteiger partial charge < -0.3 is 5.32 Å². The van der Waals surface area contributed by atoms with Crippen molar-refractivity contribution in [3.63, 3.8) is 0 Å². The van der Waals surface area contributed by atoms with Gasteiger partial charge in [-0.25, -0.2) is 9.98 Å². The van der Waals surface area contributed by atoms with Gasteiger partial charge in [-0.2, -0.15) is 0 Å². The SMILES string of the molecule is c1ccc(C2=Nc3c(ccc4c(-c5cccc(C6N=C(c7ccccc7)NC(c7ccccc7)N6)c5)cc(-c5ccccc5)nc34)CC2)cc1. The van der Waals surface area contributed by atoms with Crippen molar-refractivity contribution in [3.05, 3.63) is 192 Å². The molecule has 5 nitrogen and oxygen atoms in total. The molecule has 50 heavy (non-hydrogen) atoms. The average molecular weight is 646 g/mol. The third-order valence-corrected chi connectivity index (χ3v) is 9.65. The van der Waals surface area contributed by atoms with Gasteiger partial charge in [0.25, 0.3) is 0 Å².